The first kappa shape index (κ1) is 12.2. The number of rotatable bonds is 6. The van der Waals surface area contributed by atoms with Gasteiger partial charge in [-0.25, -0.2) is 0 Å². The maximum Gasteiger partial charge on any atom is 0.160 e. The molecule has 0 amide bonds. The Balaban J connectivity index is 4.14. The molecule has 0 aromatic carbocycles. The maximum atomic E-state index is 11.5. The Kier molecular flexibility index (Phi) is 6.29. The number of carbonyl (C=O) groups is 1. The minimum atomic E-state index is 0.276. The Morgan fingerprint density at radius 1 is 1.38 bits per heavy atom. The van der Waals surface area contributed by atoms with E-state index < -0.39 is 0 Å². The maximum absolute atomic E-state index is 11.5. The molecule has 0 aliphatic rings. The van der Waals surface area contributed by atoms with E-state index in [0.717, 1.165) is 18.4 Å². The van der Waals surface area contributed by atoms with Crippen LogP contribution in [-0.4, -0.2) is 11.8 Å². The summed E-state index contributed by atoms with van der Waals surface area (Å²) in [5.41, 5.74) is 0.913. The van der Waals surface area contributed by atoms with Crippen molar-refractivity contribution < 1.29 is 4.79 Å². The summed E-state index contributed by atoms with van der Waals surface area (Å²) in [6.07, 6.45) is 4.28. The second-order valence-electron chi connectivity index (χ2n) is 3.52. The van der Waals surface area contributed by atoms with Gasteiger partial charge in [0.25, 0.3) is 0 Å². The lowest BCUT2D eigenvalue weighted by Gasteiger charge is -2.07. The zero-order chi connectivity index (χ0) is 10.3. The Hall–Kier alpha value is -0.790. The number of nitrogens with one attached hydrogen (secondary N) is 1. The van der Waals surface area contributed by atoms with Crippen molar-refractivity contribution in [2.45, 2.75) is 53.0 Å². The molecule has 0 aliphatic carbocycles. The predicted octanol–water partition coefficient (Wildman–Crippen LogP) is 2.65. The van der Waals surface area contributed by atoms with Gasteiger partial charge in [0.15, 0.2) is 5.78 Å². The third-order valence-electron chi connectivity index (χ3n) is 1.81. The second-order valence-corrected chi connectivity index (χ2v) is 3.52. The minimum absolute atomic E-state index is 0.276. The fourth-order valence-corrected chi connectivity index (χ4v) is 1.03. The summed E-state index contributed by atoms with van der Waals surface area (Å²) in [5, 5.41) is 3.15. The van der Waals surface area contributed by atoms with Crippen LogP contribution in [0.4, 0.5) is 0 Å². The summed E-state index contributed by atoms with van der Waals surface area (Å²) >= 11 is 0. The third-order valence-corrected chi connectivity index (χ3v) is 1.81. The molecule has 0 spiro atoms. The molecule has 13 heavy (non-hydrogen) atoms. The van der Waals surface area contributed by atoms with Crippen LogP contribution in [0.25, 0.3) is 0 Å². The van der Waals surface area contributed by atoms with E-state index in [1.165, 1.54) is 0 Å². The van der Waals surface area contributed by atoms with E-state index in [-0.39, 0.29) is 5.78 Å². The Bertz CT molecular complexity index is 183. The van der Waals surface area contributed by atoms with Crippen LogP contribution in [0.15, 0.2) is 11.8 Å². The van der Waals surface area contributed by atoms with Crippen molar-refractivity contribution in [1.29, 1.82) is 0 Å². The Labute approximate surface area is 81.4 Å². The molecule has 0 unspecified atom stereocenters. The molecule has 2 heteroatoms. The topological polar surface area (TPSA) is 29.1 Å². The van der Waals surface area contributed by atoms with Gasteiger partial charge >= 0.3 is 0 Å². The quantitative estimate of drug-likeness (QED) is 0.641. The van der Waals surface area contributed by atoms with E-state index in [2.05, 4.69) is 19.2 Å². The summed E-state index contributed by atoms with van der Waals surface area (Å²) in [5.74, 6) is 0.276. The molecule has 0 atom stereocenters. The summed E-state index contributed by atoms with van der Waals surface area (Å²) in [6, 6.07) is 0.399. The monoisotopic (exact) mass is 183 g/mol. The van der Waals surface area contributed by atoms with Crippen molar-refractivity contribution >= 4 is 5.78 Å². The number of hydrogen-bond acceptors (Lipinski definition) is 2. The number of Topliss-reactive ketones (excluding diaryl/α,β-unsaturated/α-hetero) is 1. The van der Waals surface area contributed by atoms with Crippen molar-refractivity contribution in [3.05, 3.63) is 11.8 Å². The fourth-order valence-electron chi connectivity index (χ4n) is 1.03. The highest BCUT2D eigenvalue weighted by atomic mass is 16.1. The first-order valence-corrected chi connectivity index (χ1v) is 5.10. The fraction of sp³-hybridized carbons (Fsp3) is 0.727. The molecule has 0 fully saturated rings. The van der Waals surface area contributed by atoms with Gasteiger partial charge in [-0.1, -0.05) is 13.8 Å². The Morgan fingerprint density at radius 3 is 2.38 bits per heavy atom. The average Bonchev–Trinajstić information content (AvgIpc) is 2.05. The van der Waals surface area contributed by atoms with Gasteiger partial charge in [-0.15, -0.1) is 0 Å². The van der Waals surface area contributed by atoms with Gasteiger partial charge in [0.1, 0.15) is 0 Å². The largest absolute Gasteiger partial charge is 0.388 e. The summed E-state index contributed by atoms with van der Waals surface area (Å²) < 4.78 is 0. The highest BCUT2D eigenvalue weighted by molar-refractivity contribution is 5.95. The van der Waals surface area contributed by atoms with E-state index in [1.54, 1.807) is 0 Å². The molecule has 1 N–H and O–H groups in total. The molecule has 0 saturated heterocycles. The molecule has 0 aromatic rings. The average molecular weight is 183 g/mol. The van der Waals surface area contributed by atoms with Crippen LogP contribution in [0.3, 0.4) is 0 Å². The summed E-state index contributed by atoms with van der Waals surface area (Å²) in [6.45, 7) is 8.17. The third kappa shape index (κ3) is 5.45. The molecule has 2 nitrogen and oxygen atoms in total. The lowest BCUT2D eigenvalue weighted by atomic mass is 10.1. The number of hydrogen-bond donors (Lipinski definition) is 1. The molecular formula is C11H21NO. The van der Waals surface area contributed by atoms with Crippen molar-refractivity contribution in [3.8, 4) is 0 Å². The van der Waals surface area contributed by atoms with Gasteiger partial charge in [-0.3, -0.25) is 4.79 Å². The van der Waals surface area contributed by atoms with Gasteiger partial charge in [0.05, 0.1) is 0 Å². The summed E-state index contributed by atoms with van der Waals surface area (Å²) in [4.78, 5) is 11.5. The zero-order valence-electron chi connectivity index (χ0n) is 9.18. The van der Waals surface area contributed by atoms with Crippen LogP contribution in [0, 0.1) is 0 Å². The molecule has 0 aliphatic heterocycles. The molecule has 0 aromatic heterocycles. The number of carbonyl (C=O) groups excluding carboxylic acids is 1. The first-order chi connectivity index (χ1) is 6.11. The molecule has 0 bridgehead atoms. The Morgan fingerprint density at radius 2 is 2.00 bits per heavy atom. The van der Waals surface area contributed by atoms with Crippen LogP contribution < -0.4 is 5.32 Å². The van der Waals surface area contributed by atoms with Crippen LogP contribution >= 0.6 is 0 Å². The predicted molar refractivity (Wildman–Crippen MR) is 56.6 cm³/mol. The summed E-state index contributed by atoms with van der Waals surface area (Å²) in [7, 11) is 0. The van der Waals surface area contributed by atoms with Crippen molar-refractivity contribution in [2.75, 3.05) is 0 Å². The van der Waals surface area contributed by atoms with Crippen LogP contribution in [0.5, 0.6) is 0 Å². The van der Waals surface area contributed by atoms with E-state index in [0.29, 0.717) is 12.5 Å². The first-order valence-electron chi connectivity index (χ1n) is 5.10. The van der Waals surface area contributed by atoms with Gasteiger partial charge in [0.2, 0.25) is 0 Å². The molecule has 0 heterocycles. The molecule has 0 saturated carbocycles. The van der Waals surface area contributed by atoms with Gasteiger partial charge in [-0.05, 0) is 26.7 Å². The van der Waals surface area contributed by atoms with E-state index in [1.807, 2.05) is 20.0 Å². The van der Waals surface area contributed by atoms with E-state index in [9.17, 15) is 4.79 Å². The van der Waals surface area contributed by atoms with Crippen molar-refractivity contribution in [3.63, 3.8) is 0 Å². The standard InChI is InChI=1S/C11H21NO/c1-5-7-11(13)10(6-2)8-12-9(3)4/h8-9,12H,5-7H2,1-4H3/b10-8+. The lowest BCUT2D eigenvalue weighted by Crippen LogP contribution is -2.18. The van der Waals surface area contributed by atoms with Crippen LogP contribution in [0.1, 0.15) is 47.0 Å². The normalized spacial score (nSPS) is 11.9. The van der Waals surface area contributed by atoms with Crippen molar-refractivity contribution in [2.24, 2.45) is 0 Å². The molecule has 0 radical (unpaired) electrons. The number of ketones is 1. The SMILES string of the molecule is CCCC(=O)/C(=C/NC(C)C)CC. The van der Waals surface area contributed by atoms with Crippen LogP contribution in [-0.2, 0) is 4.79 Å². The van der Waals surface area contributed by atoms with Crippen molar-refractivity contribution in [1.82, 2.24) is 5.32 Å². The van der Waals surface area contributed by atoms with E-state index >= 15 is 0 Å². The van der Waals surface area contributed by atoms with Gasteiger partial charge < -0.3 is 5.32 Å². The zero-order valence-corrected chi connectivity index (χ0v) is 9.18. The van der Waals surface area contributed by atoms with Gasteiger partial charge in [-0.2, -0.15) is 0 Å². The molecule has 76 valence electrons. The highest BCUT2D eigenvalue weighted by Gasteiger charge is 2.05. The van der Waals surface area contributed by atoms with E-state index in [4.69, 9.17) is 0 Å². The van der Waals surface area contributed by atoms with Gasteiger partial charge in [0, 0.05) is 24.2 Å². The smallest absolute Gasteiger partial charge is 0.160 e. The minimum Gasteiger partial charge on any atom is -0.388 e. The molecular weight excluding hydrogens is 162 g/mol. The lowest BCUT2D eigenvalue weighted by molar-refractivity contribution is -0.115. The number of allylic oxidation sites excluding steroid dienone is 1. The highest BCUT2D eigenvalue weighted by Crippen LogP contribution is 2.05. The van der Waals surface area contributed by atoms with Crippen LogP contribution in [0.2, 0.25) is 0 Å². The second kappa shape index (κ2) is 6.70. The molecule has 0 rings (SSSR count).